The van der Waals surface area contributed by atoms with Gasteiger partial charge < -0.3 is 14.5 Å². The first-order valence-corrected chi connectivity index (χ1v) is 11.3. The fourth-order valence-corrected chi connectivity index (χ4v) is 4.64. The molecule has 0 bridgehead atoms. The summed E-state index contributed by atoms with van der Waals surface area (Å²) < 4.78 is 7.77. The van der Waals surface area contributed by atoms with Crippen molar-refractivity contribution < 1.29 is 14.3 Å². The molecule has 2 fully saturated rings. The van der Waals surface area contributed by atoms with Gasteiger partial charge >= 0.3 is 0 Å². The predicted molar refractivity (Wildman–Crippen MR) is 122 cm³/mol. The van der Waals surface area contributed by atoms with Crippen LogP contribution in [-0.2, 0) is 16.1 Å². The number of nitrogens with zero attached hydrogens (tertiary/aromatic N) is 5. The van der Waals surface area contributed by atoms with Crippen molar-refractivity contribution in [2.75, 3.05) is 26.2 Å². The number of ether oxygens (including phenoxy) is 1. The highest BCUT2D eigenvalue weighted by Gasteiger charge is 2.41. The number of amides is 2. The largest absolute Gasteiger partial charge is 0.363 e. The van der Waals surface area contributed by atoms with Gasteiger partial charge in [-0.05, 0) is 43.0 Å². The Bertz CT molecular complexity index is 1100. The average Bonchev–Trinajstić information content (AvgIpc) is 3.31. The molecule has 8 heteroatoms. The maximum atomic E-state index is 13.1. The Hall–Kier alpha value is -3.52. The van der Waals surface area contributed by atoms with Crippen molar-refractivity contribution in [3.8, 4) is 5.82 Å². The number of pyridine rings is 1. The molecule has 0 saturated carbocycles. The maximum Gasteiger partial charge on any atom is 0.255 e. The van der Waals surface area contributed by atoms with E-state index in [9.17, 15) is 9.59 Å². The third kappa shape index (κ3) is 4.66. The minimum Gasteiger partial charge on any atom is -0.363 e. The molecule has 3 aromatic rings. The van der Waals surface area contributed by atoms with Crippen LogP contribution in [0, 0.1) is 0 Å². The molecule has 0 unspecified atom stereocenters. The molecule has 4 heterocycles. The van der Waals surface area contributed by atoms with Crippen LogP contribution in [0.15, 0.2) is 67.1 Å². The lowest BCUT2D eigenvalue weighted by molar-refractivity contribution is -0.166. The smallest absolute Gasteiger partial charge is 0.255 e. The van der Waals surface area contributed by atoms with Crippen LogP contribution in [0.25, 0.3) is 5.82 Å². The molecule has 0 aliphatic carbocycles. The van der Waals surface area contributed by atoms with Gasteiger partial charge in [-0.3, -0.25) is 9.59 Å². The Labute approximate surface area is 192 Å². The summed E-state index contributed by atoms with van der Waals surface area (Å²) >= 11 is 0. The molecule has 2 aromatic heterocycles. The SMILES string of the molecule is O=C1CO[C@@]2(CCCN(C(=O)c3ccc(-n4cccn4)nc3)CC2)CN1Cc1ccccc1. The Morgan fingerprint density at radius 1 is 1.06 bits per heavy atom. The minimum atomic E-state index is -0.403. The van der Waals surface area contributed by atoms with E-state index in [0.29, 0.717) is 44.0 Å². The Morgan fingerprint density at radius 3 is 2.70 bits per heavy atom. The quantitative estimate of drug-likeness (QED) is 0.617. The van der Waals surface area contributed by atoms with Crippen molar-refractivity contribution in [3.05, 3.63) is 78.2 Å². The Morgan fingerprint density at radius 2 is 1.94 bits per heavy atom. The van der Waals surface area contributed by atoms with Crippen molar-refractivity contribution >= 4 is 11.8 Å². The lowest BCUT2D eigenvalue weighted by Crippen LogP contribution is -2.54. The highest BCUT2D eigenvalue weighted by atomic mass is 16.5. The third-order valence-corrected chi connectivity index (χ3v) is 6.47. The second-order valence-corrected chi connectivity index (χ2v) is 8.71. The van der Waals surface area contributed by atoms with Crippen LogP contribution < -0.4 is 0 Å². The van der Waals surface area contributed by atoms with Crippen LogP contribution in [0.5, 0.6) is 0 Å². The molecule has 8 nitrogen and oxygen atoms in total. The fourth-order valence-electron chi connectivity index (χ4n) is 4.64. The summed E-state index contributed by atoms with van der Waals surface area (Å²) in [5.74, 6) is 0.662. The van der Waals surface area contributed by atoms with Gasteiger partial charge in [-0.15, -0.1) is 0 Å². The molecule has 1 aromatic carbocycles. The van der Waals surface area contributed by atoms with E-state index in [1.807, 2.05) is 52.4 Å². The molecule has 2 aliphatic rings. The van der Waals surface area contributed by atoms with Crippen molar-refractivity contribution in [2.45, 2.75) is 31.4 Å². The lowest BCUT2D eigenvalue weighted by atomic mass is 9.92. The molecule has 1 spiro atoms. The number of morpholine rings is 1. The summed E-state index contributed by atoms with van der Waals surface area (Å²) in [5.41, 5.74) is 1.27. The second kappa shape index (κ2) is 9.15. The lowest BCUT2D eigenvalue weighted by Gasteiger charge is -2.42. The van der Waals surface area contributed by atoms with E-state index in [4.69, 9.17) is 4.74 Å². The average molecular weight is 446 g/mol. The van der Waals surface area contributed by atoms with Gasteiger partial charge in [-0.25, -0.2) is 9.67 Å². The van der Waals surface area contributed by atoms with Gasteiger partial charge in [0.1, 0.15) is 6.61 Å². The van der Waals surface area contributed by atoms with Gasteiger partial charge in [-0.2, -0.15) is 5.10 Å². The van der Waals surface area contributed by atoms with Gasteiger partial charge in [0.2, 0.25) is 5.91 Å². The molecule has 0 radical (unpaired) electrons. The zero-order valence-corrected chi connectivity index (χ0v) is 18.5. The maximum absolute atomic E-state index is 13.1. The zero-order chi connectivity index (χ0) is 22.7. The summed E-state index contributed by atoms with van der Waals surface area (Å²) in [5, 5.41) is 4.17. The first-order valence-electron chi connectivity index (χ1n) is 11.3. The number of aromatic nitrogens is 3. The molecule has 2 amide bonds. The fraction of sp³-hybridized carbons (Fsp3) is 0.360. The van der Waals surface area contributed by atoms with Gasteiger partial charge in [0, 0.05) is 38.2 Å². The number of hydrogen-bond donors (Lipinski definition) is 0. The summed E-state index contributed by atoms with van der Waals surface area (Å²) in [6.45, 7) is 2.49. The molecule has 1 atom stereocenters. The van der Waals surface area contributed by atoms with Crippen molar-refractivity contribution in [1.29, 1.82) is 0 Å². The first-order chi connectivity index (χ1) is 16.1. The van der Waals surface area contributed by atoms with E-state index < -0.39 is 5.60 Å². The molecular formula is C25H27N5O3. The number of likely N-dealkylation sites (tertiary alicyclic amines) is 1. The van der Waals surface area contributed by atoms with Gasteiger partial charge in [0.15, 0.2) is 5.82 Å². The molecule has 2 saturated heterocycles. The van der Waals surface area contributed by atoms with E-state index in [0.717, 1.165) is 18.4 Å². The van der Waals surface area contributed by atoms with Gasteiger partial charge in [-0.1, -0.05) is 30.3 Å². The minimum absolute atomic E-state index is 0.0185. The van der Waals surface area contributed by atoms with E-state index in [2.05, 4.69) is 10.1 Å². The summed E-state index contributed by atoms with van der Waals surface area (Å²) in [4.78, 5) is 33.8. The van der Waals surface area contributed by atoms with Crippen LogP contribution in [0.2, 0.25) is 0 Å². The van der Waals surface area contributed by atoms with Crippen LogP contribution in [0.3, 0.4) is 0 Å². The predicted octanol–water partition coefficient (Wildman–Crippen LogP) is 2.69. The van der Waals surface area contributed by atoms with E-state index >= 15 is 0 Å². The zero-order valence-electron chi connectivity index (χ0n) is 18.5. The number of benzene rings is 1. The summed E-state index contributed by atoms with van der Waals surface area (Å²) in [6.07, 6.45) is 7.47. The topological polar surface area (TPSA) is 80.6 Å². The van der Waals surface area contributed by atoms with E-state index in [1.165, 1.54) is 0 Å². The highest BCUT2D eigenvalue weighted by Crippen LogP contribution is 2.31. The molecule has 0 N–H and O–H groups in total. The number of carbonyl (C=O) groups is 2. The summed E-state index contributed by atoms with van der Waals surface area (Å²) in [6, 6.07) is 15.5. The molecule has 170 valence electrons. The second-order valence-electron chi connectivity index (χ2n) is 8.71. The number of carbonyl (C=O) groups excluding carboxylic acids is 2. The van der Waals surface area contributed by atoms with Crippen LogP contribution >= 0.6 is 0 Å². The van der Waals surface area contributed by atoms with Gasteiger partial charge in [0.05, 0.1) is 17.7 Å². The Balaban J connectivity index is 1.24. The Kier molecular flexibility index (Phi) is 5.92. The third-order valence-electron chi connectivity index (χ3n) is 6.47. The number of hydrogen-bond acceptors (Lipinski definition) is 5. The highest BCUT2D eigenvalue weighted by molar-refractivity contribution is 5.94. The van der Waals surface area contributed by atoms with Crippen LogP contribution in [-0.4, -0.2) is 68.2 Å². The normalized spacial score (nSPS) is 21.3. The number of rotatable bonds is 4. The standard InChI is InChI=1S/C25H27N5O3/c31-23-18-33-25(19-29(23)17-20-6-2-1-3-7-20)10-4-13-28(15-11-25)24(32)21-8-9-22(26-16-21)30-14-5-12-27-30/h1-3,5-9,12,14,16H,4,10-11,13,15,17-19H2/t25-/m1/s1. The van der Waals surface area contributed by atoms with Gasteiger partial charge in [0.25, 0.3) is 5.91 Å². The monoisotopic (exact) mass is 445 g/mol. The molecule has 33 heavy (non-hydrogen) atoms. The molecule has 2 aliphatic heterocycles. The summed E-state index contributed by atoms with van der Waals surface area (Å²) in [7, 11) is 0. The first kappa shape index (κ1) is 21.3. The van der Waals surface area contributed by atoms with E-state index in [1.54, 1.807) is 29.2 Å². The van der Waals surface area contributed by atoms with Crippen LogP contribution in [0.4, 0.5) is 0 Å². The van der Waals surface area contributed by atoms with Crippen molar-refractivity contribution in [3.63, 3.8) is 0 Å². The van der Waals surface area contributed by atoms with E-state index in [-0.39, 0.29) is 18.4 Å². The molecule has 5 rings (SSSR count). The van der Waals surface area contributed by atoms with Crippen molar-refractivity contribution in [1.82, 2.24) is 24.6 Å². The van der Waals surface area contributed by atoms with Crippen LogP contribution in [0.1, 0.15) is 35.2 Å². The molecular weight excluding hydrogens is 418 g/mol. The van der Waals surface area contributed by atoms with Crippen molar-refractivity contribution in [2.24, 2.45) is 0 Å².